The first-order chi connectivity index (χ1) is 16.6. The fourth-order valence-electron chi connectivity index (χ4n) is 4.18. The molecule has 0 spiro atoms. The lowest BCUT2D eigenvalue weighted by atomic mass is 10.0. The SMILES string of the molecule is Cn1cc(Cl)c2c(Oc3ccc(C4CC4)c4cccnc34)nc(Nc3ccc(C#N)cc3)nc21. The molecule has 5 aromatic rings. The van der Waals surface area contributed by atoms with Gasteiger partial charge in [-0.1, -0.05) is 23.7 Å². The van der Waals surface area contributed by atoms with Crippen molar-refractivity contribution in [3.63, 3.8) is 0 Å². The molecule has 3 heterocycles. The van der Waals surface area contributed by atoms with Crippen LogP contribution in [-0.2, 0) is 7.05 Å². The molecule has 0 amide bonds. The highest BCUT2D eigenvalue weighted by molar-refractivity contribution is 6.36. The number of nitrogens with one attached hydrogen (secondary N) is 1. The minimum atomic E-state index is 0.345. The summed E-state index contributed by atoms with van der Waals surface area (Å²) in [6.45, 7) is 0. The van der Waals surface area contributed by atoms with Crippen LogP contribution in [0.1, 0.15) is 29.9 Å². The molecule has 1 N–H and O–H groups in total. The first-order valence-corrected chi connectivity index (χ1v) is 11.3. The van der Waals surface area contributed by atoms with E-state index in [0.29, 0.717) is 45.1 Å². The first kappa shape index (κ1) is 20.5. The number of anilines is 2. The maximum atomic E-state index is 9.04. The fourth-order valence-corrected chi connectivity index (χ4v) is 4.49. The highest BCUT2D eigenvalue weighted by Gasteiger charge is 2.26. The van der Waals surface area contributed by atoms with Gasteiger partial charge < -0.3 is 14.6 Å². The van der Waals surface area contributed by atoms with Crippen LogP contribution in [0.15, 0.2) is 60.9 Å². The van der Waals surface area contributed by atoms with Gasteiger partial charge in [-0.05, 0) is 60.7 Å². The Morgan fingerprint density at radius 1 is 1.12 bits per heavy atom. The van der Waals surface area contributed by atoms with E-state index in [1.54, 1.807) is 36.7 Å². The topological polar surface area (TPSA) is 88.6 Å². The van der Waals surface area contributed by atoms with Crippen molar-refractivity contribution in [2.75, 3.05) is 5.32 Å². The van der Waals surface area contributed by atoms with Crippen molar-refractivity contribution in [1.82, 2.24) is 19.5 Å². The highest BCUT2D eigenvalue weighted by Crippen LogP contribution is 2.45. The number of nitrogens with zero attached hydrogens (tertiary/aromatic N) is 5. The van der Waals surface area contributed by atoms with E-state index in [1.807, 2.05) is 23.7 Å². The number of fused-ring (bicyclic) bond motifs is 2. The van der Waals surface area contributed by atoms with Crippen molar-refractivity contribution < 1.29 is 4.74 Å². The molecule has 0 saturated heterocycles. The Balaban J connectivity index is 1.45. The third-order valence-electron chi connectivity index (χ3n) is 6.00. The smallest absolute Gasteiger partial charge is 0.235 e. The lowest BCUT2D eigenvalue weighted by Crippen LogP contribution is -2.02. The summed E-state index contributed by atoms with van der Waals surface area (Å²) in [6.07, 6.45) is 5.97. The maximum absolute atomic E-state index is 9.04. The molecule has 0 radical (unpaired) electrons. The van der Waals surface area contributed by atoms with Gasteiger partial charge in [0.05, 0.1) is 16.7 Å². The number of ether oxygens (including phenoxy) is 1. The largest absolute Gasteiger partial charge is 0.436 e. The van der Waals surface area contributed by atoms with E-state index < -0.39 is 0 Å². The molecule has 8 heteroatoms. The molecule has 6 rings (SSSR count). The lowest BCUT2D eigenvalue weighted by molar-refractivity contribution is 0.473. The van der Waals surface area contributed by atoms with Gasteiger partial charge in [0.2, 0.25) is 11.8 Å². The quantitative estimate of drug-likeness (QED) is 0.320. The summed E-state index contributed by atoms with van der Waals surface area (Å²) in [5.41, 5.74) is 4.08. The van der Waals surface area contributed by atoms with E-state index >= 15 is 0 Å². The molecule has 0 atom stereocenters. The van der Waals surface area contributed by atoms with Crippen LogP contribution >= 0.6 is 11.6 Å². The van der Waals surface area contributed by atoms with E-state index in [-0.39, 0.29) is 0 Å². The van der Waals surface area contributed by atoms with Crippen LogP contribution in [0, 0.1) is 11.3 Å². The molecule has 3 aromatic heterocycles. The third-order valence-corrected chi connectivity index (χ3v) is 6.28. The van der Waals surface area contributed by atoms with Crippen molar-refractivity contribution in [3.8, 4) is 17.7 Å². The van der Waals surface area contributed by atoms with Gasteiger partial charge in [-0.25, -0.2) is 0 Å². The van der Waals surface area contributed by atoms with Crippen LogP contribution in [-0.4, -0.2) is 19.5 Å². The second-order valence-electron chi connectivity index (χ2n) is 8.38. The molecule has 2 aromatic carbocycles. The number of aromatic nitrogens is 4. The normalized spacial score (nSPS) is 13.2. The van der Waals surface area contributed by atoms with Gasteiger partial charge in [0.15, 0.2) is 11.4 Å². The Hall–Kier alpha value is -4.15. The van der Waals surface area contributed by atoms with Gasteiger partial charge in [0.25, 0.3) is 0 Å². The van der Waals surface area contributed by atoms with Crippen molar-refractivity contribution in [2.45, 2.75) is 18.8 Å². The molecule has 1 saturated carbocycles. The summed E-state index contributed by atoms with van der Waals surface area (Å²) in [5, 5.41) is 14.5. The average Bonchev–Trinajstić information content (AvgIpc) is 3.65. The summed E-state index contributed by atoms with van der Waals surface area (Å²) in [7, 11) is 1.87. The number of halogens is 1. The predicted octanol–water partition coefficient (Wildman–Crippen LogP) is 6.45. The Morgan fingerprint density at radius 2 is 1.94 bits per heavy atom. The van der Waals surface area contributed by atoms with Crippen molar-refractivity contribution in [2.24, 2.45) is 7.05 Å². The molecule has 166 valence electrons. The minimum Gasteiger partial charge on any atom is -0.436 e. The third kappa shape index (κ3) is 3.58. The lowest BCUT2D eigenvalue weighted by Gasteiger charge is -2.13. The van der Waals surface area contributed by atoms with Crippen LogP contribution in [0.3, 0.4) is 0 Å². The zero-order chi connectivity index (χ0) is 23.2. The second-order valence-corrected chi connectivity index (χ2v) is 8.79. The summed E-state index contributed by atoms with van der Waals surface area (Å²) < 4.78 is 8.21. The predicted molar refractivity (Wildman–Crippen MR) is 132 cm³/mol. The summed E-state index contributed by atoms with van der Waals surface area (Å²) in [6, 6.07) is 17.3. The Labute approximate surface area is 200 Å². The van der Waals surface area contributed by atoms with Crippen molar-refractivity contribution >= 4 is 45.2 Å². The molecule has 1 fully saturated rings. The van der Waals surface area contributed by atoms with Crippen LogP contribution in [0.2, 0.25) is 5.02 Å². The van der Waals surface area contributed by atoms with Gasteiger partial charge in [0, 0.05) is 30.5 Å². The summed E-state index contributed by atoms with van der Waals surface area (Å²) in [4.78, 5) is 13.9. The molecule has 34 heavy (non-hydrogen) atoms. The zero-order valence-corrected chi connectivity index (χ0v) is 19.0. The highest BCUT2D eigenvalue weighted by atomic mass is 35.5. The van der Waals surface area contributed by atoms with E-state index in [1.165, 1.54) is 18.4 Å². The Kier molecular flexibility index (Phi) is 4.82. The minimum absolute atomic E-state index is 0.345. The van der Waals surface area contributed by atoms with E-state index in [9.17, 15) is 0 Å². The Bertz CT molecular complexity index is 1600. The first-order valence-electron chi connectivity index (χ1n) is 11.0. The van der Waals surface area contributed by atoms with Crippen LogP contribution in [0.5, 0.6) is 11.6 Å². The van der Waals surface area contributed by atoms with Crippen molar-refractivity contribution in [1.29, 1.82) is 5.26 Å². The number of nitriles is 1. The summed E-state index contributed by atoms with van der Waals surface area (Å²) >= 11 is 6.54. The molecule has 0 bridgehead atoms. The van der Waals surface area contributed by atoms with Crippen LogP contribution in [0.4, 0.5) is 11.6 Å². The number of pyridine rings is 1. The van der Waals surface area contributed by atoms with E-state index in [4.69, 9.17) is 21.6 Å². The van der Waals surface area contributed by atoms with Gasteiger partial charge in [-0.2, -0.15) is 15.2 Å². The van der Waals surface area contributed by atoms with Crippen molar-refractivity contribution in [3.05, 3.63) is 77.1 Å². The second kappa shape index (κ2) is 8.01. The van der Waals surface area contributed by atoms with Crippen LogP contribution in [0.25, 0.3) is 21.9 Å². The number of aryl methyl sites for hydroxylation is 1. The summed E-state index contributed by atoms with van der Waals surface area (Å²) in [5.74, 6) is 1.91. The number of hydrogen-bond acceptors (Lipinski definition) is 6. The average molecular weight is 467 g/mol. The number of hydrogen-bond donors (Lipinski definition) is 1. The molecule has 1 aliphatic carbocycles. The van der Waals surface area contributed by atoms with E-state index in [0.717, 1.165) is 16.6 Å². The van der Waals surface area contributed by atoms with Gasteiger partial charge in [-0.3, -0.25) is 4.98 Å². The Morgan fingerprint density at radius 3 is 2.71 bits per heavy atom. The molecular weight excluding hydrogens is 448 g/mol. The van der Waals surface area contributed by atoms with Crippen LogP contribution < -0.4 is 10.1 Å². The van der Waals surface area contributed by atoms with E-state index in [2.05, 4.69) is 38.5 Å². The molecule has 0 unspecified atom stereocenters. The van der Waals surface area contributed by atoms with Gasteiger partial charge in [0.1, 0.15) is 10.9 Å². The molecule has 7 nitrogen and oxygen atoms in total. The number of rotatable bonds is 5. The standard InChI is InChI=1S/C26H19ClN6O/c1-33-14-20(27)22-24(33)31-26(30-17-8-4-15(13-28)5-9-17)32-25(22)34-21-11-10-18(16-6-7-16)19-3-2-12-29-23(19)21/h2-5,8-12,14,16H,6-7H2,1H3,(H,30,31,32). The number of benzene rings is 2. The fraction of sp³-hybridized carbons (Fsp3) is 0.154. The van der Waals surface area contributed by atoms with Gasteiger partial charge in [-0.15, -0.1) is 0 Å². The van der Waals surface area contributed by atoms with Gasteiger partial charge >= 0.3 is 0 Å². The molecular formula is C26H19ClN6O. The monoisotopic (exact) mass is 466 g/mol. The molecule has 1 aliphatic rings. The zero-order valence-electron chi connectivity index (χ0n) is 18.3. The molecule has 0 aliphatic heterocycles. The maximum Gasteiger partial charge on any atom is 0.235 e.